The molecule has 7 heteroatoms. The first-order chi connectivity index (χ1) is 11.5. The van der Waals surface area contributed by atoms with Crippen molar-refractivity contribution < 1.29 is 22.0 Å². The van der Waals surface area contributed by atoms with E-state index in [-0.39, 0.29) is 0 Å². The number of halogens is 5. The summed E-state index contributed by atoms with van der Waals surface area (Å²) in [7, 11) is 0. The predicted molar refractivity (Wildman–Crippen MR) is 79.7 cm³/mol. The lowest BCUT2D eigenvalue weighted by atomic mass is 10.2. The molecule has 0 aliphatic heterocycles. The van der Waals surface area contributed by atoms with Gasteiger partial charge in [0.25, 0.3) is 0 Å². The summed E-state index contributed by atoms with van der Waals surface area (Å²) < 4.78 is 66.2. The number of rotatable bonds is 3. The summed E-state index contributed by atoms with van der Waals surface area (Å²) in [5, 5.41) is 0. The number of aromatic nitrogens is 1. The van der Waals surface area contributed by atoms with Crippen molar-refractivity contribution in [2.45, 2.75) is 0 Å². The average Bonchev–Trinajstić information content (AvgIpc) is 3.08. The van der Waals surface area contributed by atoms with Crippen molar-refractivity contribution in [3.63, 3.8) is 0 Å². The zero-order chi connectivity index (χ0) is 17.3. The van der Waals surface area contributed by atoms with Gasteiger partial charge in [-0.2, -0.15) is 0 Å². The quantitative estimate of drug-likeness (QED) is 0.297. The second-order valence-corrected chi connectivity index (χ2v) is 4.87. The first-order valence-electron chi connectivity index (χ1n) is 6.79. The molecule has 0 aliphatic carbocycles. The maximum Gasteiger partial charge on any atom is 0.200 e. The molecule has 0 unspecified atom stereocenters. The minimum atomic E-state index is -2.21. The van der Waals surface area contributed by atoms with Crippen molar-refractivity contribution in [3.8, 4) is 11.3 Å². The van der Waals surface area contributed by atoms with Gasteiger partial charge in [-0.3, -0.25) is 0 Å². The van der Waals surface area contributed by atoms with Crippen molar-refractivity contribution in [1.82, 2.24) is 4.98 Å². The number of nitrogens with one attached hydrogen (secondary N) is 1. The van der Waals surface area contributed by atoms with Gasteiger partial charge < -0.3 is 4.98 Å². The molecule has 0 spiro atoms. The largest absolute Gasteiger partial charge is 0.354 e. The molecule has 0 amide bonds. The Morgan fingerprint density at radius 3 is 1.92 bits per heavy atom. The van der Waals surface area contributed by atoms with E-state index in [0.29, 0.717) is 5.69 Å². The zero-order valence-electron chi connectivity index (χ0n) is 12.0. The van der Waals surface area contributed by atoms with Crippen molar-refractivity contribution in [2.24, 2.45) is 4.99 Å². The smallest absolute Gasteiger partial charge is 0.200 e. The number of aromatic amines is 1. The average molecular weight is 336 g/mol. The van der Waals surface area contributed by atoms with Crippen LogP contribution in [0.4, 0.5) is 27.6 Å². The van der Waals surface area contributed by atoms with Gasteiger partial charge in [0.2, 0.25) is 5.82 Å². The lowest BCUT2D eigenvalue weighted by molar-refractivity contribution is 0.381. The molecule has 0 radical (unpaired) electrons. The summed E-state index contributed by atoms with van der Waals surface area (Å²) in [4.78, 5) is 6.32. The van der Waals surface area contributed by atoms with Crippen LogP contribution in [0.15, 0.2) is 47.5 Å². The minimum absolute atomic E-state index is 0.345. The van der Waals surface area contributed by atoms with Crippen molar-refractivity contribution in [2.75, 3.05) is 0 Å². The maximum atomic E-state index is 13.5. The van der Waals surface area contributed by atoms with Crippen LogP contribution < -0.4 is 0 Å². The van der Waals surface area contributed by atoms with Gasteiger partial charge in [-0.25, -0.2) is 26.9 Å². The molecule has 0 bridgehead atoms. The van der Waals surface area contributed by atoms with E-state index < -0.39 is 34.8 Å². The highest BCUT2D eigenvalue weighted by Gasteiger charge is 2.25. The molecular weight excluding hydrogens is 327 g/mol. The fourth-order valence-electron chi connectivity index (χ4n) is 2.11. The van der Waals surface area contributed by atoms with Crippen molar-refractivity contribution in [1.29, 1.82) is 0 Å². The van der Waals surface area contributed by atoms with Gasteiger partial charge in [0, 0.05) is 5.69 Å². The normalized spacial score (nSPS) is 11.4. The first-order valence-corrected chi connectivity index (χ1v) is 6.79. The SMILES string of the molecule is Fc1c(F)c(F)c(N=Cc2ccc(-c3ccccc3)[nH]2)c(F)c1F. The summed E-state index contributed by atoms with van der Waals surface area (Å²) in [6.45, 7) is 0. The Morgan fingerprint density at radius 2 is 1.29 bits per heavy atom. The lowest BCUT2D eigenvalue weighted by Crippen LogP contribution is -2.00. The Hall–Kier alpha value is -2.96. The molecule has 0 atom stereocenters. The third-order valence-corrected chi connectivity index (χ3v) is 3.31. The van der Waals surface area contributed by atoms with Crippen molar-refractivity contribution >= 4 is 11.9 Å². The van der Waals surface area contributed by atoms with Gasteiger partial charge in [0.15, 0.2) is 23.3 Å². The fraction of sp³-hybridized carbons (Fsp3) is 0. The summed E-state index contributed by atoms with van der Waals surface area (Å²) in [5.41, 5.74) is 0.697. The van der Waals surface area contributed by atoms with Crippen LogP contribution in [0.1, 0.15) is 5.69 Å². The van der Waals surface area contributed by atoms with E-state index in [1.165, 1.54) is 0 Å². The Bertz CT molecular complexity index is 887. The van der Waals surface area contributed by atoms with Crippen LogP contribution in [0.2, 0.25) is 0 Å². The van der Waals surface area contributed by atoms with Crippen LogP contribution in [0.3, 0.4) is 0 Å². The molecule has 0 aliphatic rings. The van der Waals surface area contributed by atoms with Gasteiger partial charge in [0.1, 0.15) is 5.69 Å². The monoisotopic (exact) mass is 336 g/mol. The molecule has 1 heterocycles. The number of aliphatic imine (C=N–C) groups is 1. The van der Waals surface area contributed by atoms with Gasteiger partial charge in [0.05, 0.1) is 11.9 Å². The molecule has 2 aromatic carbocycles. The van der Waals surface area contributed by atoms with Gasteiger partial charge in [-0.1, -0.05) is 30.3 Å². The highest BCUT2D eigenvalue weighted by molar-refractivity contribution is 5.81. The molecule has 1 N–H and O–H groups in total. The zero-order valence-corrected chi connectivity index (χ0v) is 12.0. The molecule has 24 heavy (non-hydrogen) atoms. The molecule has 3 aromatic rings. The number of nitrogens with zero attached hydrogens (tertiary/aromatic N) is 1. The summed E-state index contributed by atoms with van der Waals surface area (Å²) in [6.07, 6.45) is 0.991. The van der Waals surface area contributed by atoms with E-state index in [1.54, 1.807) is 12.1 Å². The topological polar surface area (TPSA) is 28.1 Å². The minimum Gasteiger partial charge on any atom is -0.354 e. The molecule has 1 aromatic heterocycles. The third-order valence-electron chi connectivity index (χ3n) is 3.31. The highest BCUT2D eigenvalue weighted by atomic mass is 19.2. The Kier molecular flexibility index (Phi) is 4.16. The van der Waals surface area contributed by atoms with E-state index >= 15 is 0 Å². The molecule has 0 saturated carbocycles. The van der Waals surface area contributed by atoms with Crippen LogP contribution in [-0.2, 0) is 0 Å². The lowest BCUT2D eigenvalue weighted by Gasteiger charge is -2.03. The van der Waals surface area contributed by atoms with Crippen LogP contribution in [0, 0.1) is 29.1 Å². The van der Waals surface area contributed by atoms with E-state index in [9.17, 15) is 22.0 Å². The molecule has 122 valence electrons. The fourth-order valence-corrected chi connectivity index (χ4v) is 2.11. The molecular formula is C17H9F5N2. The number of hydrogen-bond acceptors (Lipinski definition) is 1. The molecule has 3 rings (SSSR count). The van der Waals surface area contributed by atoms with Crippen LogP contribution in [0.25, 0.3) is 11.3 Å². The molecule has 0 saturated heterocycles. The summed E-state index contributed by atoms with van der Waals surface area (Å²) in [6, 6.07) is 12.5. The number of benzene rings is 2. The number of hydrogen-bond donors (Lipinski definition) is 1. The second-order valence-electron chi connectivity index (χ2n) is 4.87. The van der Waals surface area contributed by atoms with Crippen LogP contribution in [0.5, 0.6) is 0 Å². The van der Waals surface area contributed by atoms with E-state index in [0.717, 1.165) is 17.5 Å². The van der Waals surface area contributed by atoms with Gasteiger partial charge in [-0.05, 0) is 17.7 Å². The van der Waals surface area contributed by atoms with Gasteiger partial charge >= 0.3 is 0 Å². The maximum absolute atomic E-state index is 13.5. The summed E-state index contributed by atoms with van der Waals surface area (Å²) >= 11 is 0. The molecule has 0 fully saturated rings. The van der Waals surface area contributed by atoms with E-state index in [4.69, 9.17) is 0 Å². The molecule has 2 nitrogen and oxygen atoms in total. The Morgan fingerprint density at radius 1 is 0.708 bits per heavy atom. The van der Waals surface area contributed by atoms with Gasteiger partial charge in [-0.15, -0.1) is 0 Å². The van der Waals surface area contributed by atoms with Crippen molar-refractivity contribution in [3.05, 3.63) is 77.2 Å². The predicted octanol–water partition coefficient (Wildman–Crippen LogP) is 5.13. The third kappa shape index (κ3) is 2.80. The van der Waals surface area contributed by atoms with E-state index in [1.807, 2.05) is 30.3 Å². The number of H-pyrrole nitrogens is 1. The van der Waals surface area contributed by atoms with Crippen LogP contribution >= 0.6 is 0 Å². The summed E-state index contributed by atoms with van der Waals surface area (Å²) in [5.74, 6) is -10.2. The highest BCUT2D eigenvalue weighted by Crippen LogP contribution is 2.29. The standard InChI is InChI=1S/C17H9F5N2/c18-12-13(19)15(21)17(16(22)14(12)20)23-8-10-6-7-11(24-10)9-4-2-1-3-5-9/h1-8,24H. The Labute approximate surface area is 133 Å². The first kappa shape index (κ1) is 15.9. The van der Waals surface area contributed by atoms with Crippen LogP contribution in [-0.4, -0.2) is 11.2 Å². The second kappa shape index (κ2) is 6.27. The Balaban J connectivity index is 1.94. The van der Waals surface area contributed by atoms with E-state index in [2.05, 4.69) is 9.98 Å².